The Morgan fingerprint density at radius 1 is 0.875 bits per heavy atom. The first-order valence-corrected chi connectivity index (χ1v) is 19.0. The molecule has 0 N–H and O–H groups in total. The van der Waals surface area contributed by atoms with Gasteiger partial charge >= 0.3 is 41.3 Å². The van der Waals surface area contributed by atoms with Gasteiger partial charge in [-0.25, -0.2) is 12.2 Å². The molecule has 0 unspecified atom stereocenters. The Hall–Kier alpha value is -0.313. The summed E-state index contributed by atoms with van der Waals surface area (Å²) in [5.74, 6) is 0. The third-order valence-electron chi connectivity index (χ3n) is 5.11. The maximum atomic E-state index is 3.58. The molecule has 32 heavy (non-hydrogen) atoms. The van der Waals surface area contributed by atoms with Crippen molar-refractivity contribution in [2.45, 2.75) is 66.0 Å². The van der Waals surface area contributed by atoms with Crippen LogP contribution in [-0.2, 0) is 30.7 Å². The van der Waals surface area contributed by atoms with Crippen LogP contribution < -0.4 is 35.2 Å². The molecule has 0 aromatic heterocycles. The first-order chi connectivity index (χ1) is 13.9. The quantitative estimate of drug-likeness (QED) is 0.301. The second-order valence-electron chi connectivity index (χ2n) is 10.3. The Kier molecular flexibility index (Phi) is 13.4. The van der Waals surface area contributed by atoms with Gasteiger partial charge in [0.25, 0.3) is 0 Å². The van der Waals surface area contributed by atoms with Gasteiger partial charge in [0.05, 0.1) is 8.07 Å². The molecule has 4 rings (SSSR count). The zero-order valence-electron chi connectivity index (χ0n) is 20.8. The third kappa shape index (κ3) is 9.51. The summed E-state index contributed by atoms with van der Waals surface area (Å²) < 4.78 is 1.51. The average molecular weight is 579 g/mol. The van der Waals surface area contributed by atoms with E-state index in [4.69, 9.17) is 0 Å². The van der Waals surface area contributed by atoms with Crippen molar-refractivity contribution in [1.29, 1.82) is 0 Å². The van der Waals surface area contributed by atoms with Crippen LogP contribution in [0.1, 0.15) is 31.4 Å². The topological polar surface area (TPSA) is 0 Å². The summed E-state index contributed by atoms with van der Waals surface area (Å²) in [6, 6.07) is 15.5. The maximum Gasteiger partial charge on any atom is 0.0775 e. The van der Waals surface area contributed by atoms with Crippen LogP contribution in [0.25, 0.3) is 11.1 Å². The maximum absolute atomic E-state index is 3.58. The van der Waals surface area contributed by atoms with E-state index in [0.29, 0.717) is 0 Å². The van der Waals surface area contributed by atoms with Crippen LogP contribution in [0.2, 0.25) is 39.3 Å². The van der Waals surface area contributed by atoms with Crippen molar-refractivity contribution < 1.29 is 49.0 Å². The van der Waals surface area contributed by atoms with Gasteiger partial charge in [-0.2, -0.15) is 35.0 Å². The van der Waals surface area contributed by atoms with E-state index in [-0.39, 0.29) is 24.8 Å². The third-order valence-corrected chi connectivity index (χ3v) is 9.18. The van der Waals surface area contributed by atoms with Crippen molar-refractivity contribution in [3.05, 3.63) is 71.8 Å². The normalized spacial score (nSPS) is 12.8. The molecule has 2 aliphatic rings. The van der Waals surface area contributed by atoms with Crippen molar-refractivity contribution in [3.63, 3.8) is 0 Å². The number of hydrogen-bond acceptors (Lipinski definition) is 0. The predicted octanol–water partition coefficient (Wildman–Crippen LogP) is 0.207. The molecule has 0 atom stereocenters. The van der Waals surface area contributed by atoms with Crippen molar-refractivity contribution in [1.82, 2.24) is 0 Å². The van der Waals surface area contributed by atoms with Crippen LogP contribution in [-0.4, -0.2) is 19.4 Å². The summed E-state index contributed by atoms with van der Waals surface area (Å²) in [7, 11) is -2.52. The number of fused-ring (bicyclic) bond motifs is 3. The Labute approximate surface area is 226 Å². The molecule has 0 saturated carbocycles. The number of hydrogen-bond donors (Lipinski definition) is 0. The van der Waals surface area contributed by atoms with Gasteiger partial charge in [-0.1, -0.05) is 73.8 Å². The van der Waals surface area contributed by atoms with Crippen molar-refractivity contribution >= 4 is 29.7 Å². The van der Waals surface area contributed by atoms with Crippen LogP contribution in [0.3, 0.4) is 0 Å². The smallest absolute Gasteiger partial charge is 0.0775 e. The van der Waals surface area contributed by atoms with E-state index in [2.05, 4.69) is 102 Å². The second kappa shape index (κ2) is 13.5. The zero-order chi connectivity index (χ0) is 22.5. The summed E-state index contributed by atoms with van der Waals surface area (Å²) in [4.78, 5) is 0. The molecule has 2 aromatic rings. The Balaban J connectivity index is 0.000000739. The molecule has 2 aliphatic carbocycles. The zero-order valence-corrected chi connectivity index (χ0v) is 26.8. The molecule has 0 aliphatic heterocycles. The van der Waals surface area contributed by atoms with Crippen LogP contribution >= 0.6 is 0 Å². The van der Waals surface area contributed by atoms with E-state index >= 15 is 0 Å². The second-order valence-corrected chi connectivity index (χ2v) is 22.9. The van der Waals surface area contributed by atoms with Crippen LogP contribution in [0, 0.1) is 12.1 Å². The summed E-state index contributed by atoms with van der Waals surface area (Å²) in [6.45, 7) is 18.8. The molecule has 0 saturated heterocycles. The Morgan fingerprint density at radius 3 is 1.88 bits per heavy atom. The van der Waals surface area contributed by atoms with E-state index in [1.807, 2.05) is 12.2 Å². The van der Waals surface area contributed by atoms with E-state index in [1.54, 1.807) is 29.4 Å². The summed E-state index contributed by atoms with van der Waals surface area (Å²) >= 11 is 1.55. The van der Waals surface area contributed by atoms with Gasteiger partial charge in [0.1, 0.15) is 0 Å². The fourth-order valence-electron chi connectivity index (χ4n) is 3.32. The van der Waals surface area contributed by atoms with E-state index in [9.17, 15) is 0 Å². The number of halogens is 2. The van der Waals surface area contributed by atoms with E-state index in [1.165, 1.54) is 30.6 Å². The van der Waals surface area contributed by atoms with Crippen molar-refractivity contribution in [3.8, 4) is 11.1 Å². The van der Waals surface area contributed by atoms with Gasteiger partial charge in [-0.3, -0.25) is 6.08 Å². The molecule has 0 nitrogen and oxygen atoms in total. The molecule has 0 spiro atoms. The molecule has 0 amide bonds. The predicted molar refractivity (Wildman–Crippen MR) is 137 cm³/mol. The standard InChI is InChI=1S/C19H25Si2.C5H5.C3H6.2ClH.Zr/c1-20(2,3)16-9-7-14-11-15-8-10-17(21(4,5)6)13-19(15)18(14)12-16;1-2-4-5-3-1;1-3-2;;;/h7,9-10,12-13H,11H2,1-6H3;1-3H,4H2;1-2H3;2*1H;/q2*-1;;;;+2/p-2. The molecule has 172 valence electrons. The minimum absolute atomic E-state index is 0. The summed E-state index contributed by atoms with van der Waals surface area (Å²) in [6.07, 6.45) is 11.1. The van der Waals surface area contributed by atoms with Gasteiger partial charge in [0.15, 0.2) is 0 Å². The molecular formula is C27H36Cl2Si2Zr-2. The van der Waals surface area contributed by atoms with Gasteiger partial charge in [-0.15, -0.1) is 12.0 Å². The Bertz CT molecular complexity index is 889. The molecule has 0 heterocycles. The molecule has 2 aromatic carbocycles. The summed E-state index contributed by atoms with van der Waals surface area (Å²) in [5, 5.41) is 3.08. The minimum Gasteiger partial charge on any atom is -1.00 e. The fourth-order valence-corrected chi connectivity index (χ4v) is 5.57. The molecule has 5 heteroatoms. The van der Waals surface area contributed by atoms with Gasteiger partial charge < -0.3 is 24.8 Å². The molecular weight excluding hydrogens is 543 g/mol. The van der Waals surface area contributed by atoms with Crippen molar-refractivity contribution in [2.75, 3.05) is 0 Å². The minimum atomic E-state index is -1.27. The van der Waals surface area contributed by atoms with Gasteiger partial charge in [-0.05, 0) is 6.42 Å². The van der Waals surface area contributed by atoms with Crippen LogP contribution in [0.15, 0.2) is 48.6 Å². The number of rotatable bonds is 2. The first kappa shape index (κ1) is 31.7. The Morgan fingerprint density at radius 2 is 1.44 bits per heavy atom. The van der Waals surface area contributed by atoms with Gasteiger partial charge in [0.2, 0.25) is 0 Å². The van der Waals surface area contributed by atoms with Crippen LogP contribution in [0.5, 0.6) is 0 Å². The van der Waals surface area contributed by atoms with E-state index < -0.39 is 16.1 Å². The van der Waals surface area contributed by atoms with E-state index in [0.717, 1.165) is 12.8 Å². The average Bonchev–Trinajstić information content (AvgIpc) is 3.30. The number of allylic oxidation sites excluding steroid dienone is 4. The molecule has 0 radical (unpaired) electrons. The SMILES string of the molecule is C[C](C)=[Zr+2].C[Si](C)(C)c1c[c-]c2c(c1)-c1cc([Si](C)(C)C)ccc1C2.[C-]1=CC=CC1.[Cl-].[Cl-]. The largest absolute Gasteiger partial charge is 1.00 e. The molecule has 0 bridgehead atoms. The number of benzene rings is 2. The van der Waals surface area contributed by atoms with Gasteiger partial charge in [0, 0.05) is 8.07 Å². The fraction of sp³-hybridized carbons (Fsp3) is 0.370. The van der Waals surface area contributed by atoms with Crippen molar-refractivity contribution in [2.24, 2.45) is 0 Å². The summed E-state index contributed by atoms with van der Waals surface area (Å²) in [5.41, 5.74) is 5.79. The van der Waals surface area contributed by atoms with Crippen LogP contribution in [0.4, 0.5) is 0 Å². The molecule has 0 fully saturated rings. The first-order valence-electron chi connectivity index (χ1n) is 10.8. The monoisotopic (exact) mass is 576 g/mol.